The summed E-state index contributed by atoms with van der Waals surface area (Å²) in [4.78, 5) is 24.1. The number of amides is 2. The second-order valence-corrected chi connectivity index (χ2v) is 6.05. The van der Waals surface area contributed by atoms with Gasteiger partial charge < -0.3 is 15.7 Å². The summed E-state index contributed by atoms with van der Waals surface area (Å²) in [6, 6.07) is 7.22. The molecular weight excluding hydrogens is 343 g/mol. The predicted molar refractivity (Wildman–Crippen MR) is 86.9 cm³/mol. The van der Waals surface area contributed by atoms with E-state index in [1.807, 2.05) is 11.4 Å². The van der Waals surface area contributed by atoms with Gasteiger partial charge >= 0.3 is 11.8 Å². The molecule has 0 saturated heterocycles. The molecule has 1 aromatic heterocycles. The van der Waals surface area contributed by atoms with Crippen LogP contribution in [0.25, 0.3) is 0 Å². The summed E-state index contributed by atoms with van der Waals surface area (Å²) in [6.45, 7) is 0.148. The zero-order valence-electron chi connectivity index (χ0n) is 11.9. The van der Waals surface area contributed by atoms with Gasteiger partial charge in [-0.3, -0.25) is 9.59 Å². The normalized spacial score (nSPS) is 11.8. The van der Waals surface area contributed by atoms with Gasteiger partial charge in [0.15, 0.2) is 0 Å². The molecule has 1 atom stereocenters. The van der Waals surface area contributed by atoms with E-state index in [1.54, 1.807) is 6.07 Å². The first-order chi connectivity index (χ1) is 11.0. The molecule has 5 nitrogen and oxygen atoms in total. The maximum absolute atomic E-state index is 13.0. The Morgan fingerprint density at radius 3 is 2.74 bits per heavy atom. The van der Waals surface area contributed by atoms with E-state index in [0.29, 0.717) is 6.42 Å². The number of halogens is 2. The lowest BCUT2D eigenvalue weighted by atomic mass is 10.2. The van der Waals surface area contributed by atoms with Crippen molar-refractivity contribution >= 4 is 40.4 Å². The van der Waals surface area contributed by atoms with E-state index in [9.17, 15) is 19.1 Å². The number of rotatable bonds is 5. The predicted octanol–water partition coefficient (Wildman–Crippen LogP) is 2.72. The lowest BCUT2D eigenvalue weighted by Gasteiger charge is -2.10. The number of aliphatic hydroxyl groups excluding tert-OH is 1. The molecule has 1 aromatic carbocycles. The summed E-state index contributed by atoms with van der Waals surface area (Å²) < 4.78 is 13.0. The molecule has 8 heteroatoms. The maximum Gasteiger partial charge on any atom is 0.313 e. The van der Waals surface area contributed by atoms with E-state index in [-0.39, 0.29) is 17.3 Å². The zero-order valence-corrected chi connectivity index (χ0v) is 13.5. The third-order valence-corrected chi connectivity index (χ3v) is 4.22. The van der Waals surface area contributed by atoms with Gasteiger partial charge in [-0.1, -0.05) is 17.7 Å². The number of anilines is 1. The first-order valence-electron chi connectivity index (χ1n) is 6.73. The van der Waals surface area contributed by atoms with Gasteiger partial charge in [0, 0.05) is 17.1 Å². The third-order valence-electron chi connectivity index (χ3n) is 2.96. The van der Waals surface area contributed by atoms with Gasteiger partial charge in [-0.05, 0) is 36.1 Å². The number of carbonyl (C=O) groups is 2. The second kappa shape index (κ2) is 8.05. The van der Waals surface area contributed by atoms with Crippen LogP contribution in [-0.2, 0) is 9.59 Å². The molecule has 0 aliphatic carbocycles. The fraction of sp³-hybridized carbons (Fsp3) is 0.200. The SMILES string of the molecule is O=C(NCC[C@@H](O)c1cccs1)C(=O)Nc1ccc(F)c(Cl)c1. The summed E-state index contributed by atoms with van der Waals surface area (Å²) in [5.41, 5.74) is 0.218. The molecule has 3 N–H and O–H groups in total. The number of nitrogens with one attached hydrogen (secondary N) is 2. The summed E-state index contributed by atoms with van der Waals surface area (Å²) in [6.07, 6.45) is -0.392. The molecule has 0 unspecified atom stereocenters. The molecule has 0 fully saturated rings. The molecule has 1 heterocycles. The zero-order chi connectivity index (χ0) is 16.8. The third kappa shape index (κ3) is 5.02. The highest BCUT2D eigenvalue weighted by molar-refractivity contribution is 7.10. The lowest BCUT2D eigenvalue weighted by Crippen LogP contribution is -2.36. The molecule has 0 spiro atoms. The Bertz CT molecular complexity index is 694. The Hall–Kier alpha value is -1.96. The summed E-state index contributed by atoms with van der Waals surface area (Å²) in [5.74, 6) is -2.35. The van der Waals surface area contributed by atoms with Crippen molar-refractivity contribution in [3.8, 4) is 0 Å². The summed E-state index contributed by atoms with van der Waals surface area (Å²) in [5, 5.41) is 16.3. The number of thiophene rings is 1. The number of hydrogen-bond acceptors (Lipinski definition) is 4. The van der Waals surface area contributed by atoms with Crippen molar-refractivity contribution in [1.29, 1.82) is 0 Å². The van der Waals surface area contributed by atoms with Crippen LogP contribution in [0.2, 0.25) is 5.02 Å². The van der Waals surface area contributed by atoms with Crippen molar-refractivity contribution in [2.45, 2.75) is 12.5 Å². The molecule has 2 amide bonds. The van der Waals surface area contributed by atoms with Crippen LogP contribution in [0.5, 0.6) is 0 Å². The van der Waals surface area contributed by atoms with Crippen molar-refractivity contribution in [3.05, 3.63) is 51.4 Å². The molecule has 122 valence electrons. The molecule has 2 aromatic rings. The fourth-order valence-electron chi connectivity index (χ4n) is 1.79. The van der Waals surface area contributed by atoms with Crippen LogP contribution in [0.3, 0.4) is 0 Å². The molecule has 0 aliphatic rings. The highest BCUT2D eigenvalue weighted by Gasteiger charge is 2.15. The average molecular weight is 357 g/mol. The van der Waals surface area contributed by atoms with E-state index >= 15 is 0 Å². The number of carbonyl (C=O) groups excluding carboxylic acids is 2. The van der Waals surface area contributed by atoms with Crippen LogP contribution in [0, 0.1) is 5.82 Å². The monoisotopic (exact) mass is 356 g/mol. The smallest absolute Gasteiger partial charge is 0.313 e. The minimum Gasteiger partial charge on any atom is -0.388 e. The van der Waals surface area contributed by atoms with E-state index < -0.39 is 23.7 Å². The molecular formula is C15H14ClFN2O3S. The first kappa shape index (κ1) is 17.4. The van der Waals surface area contributed by atoms with Gasteiger partial charge in [0.1, 0.15) is 5.82 Å². The van der Waals surface area contributed by atoms with E-state index in [1.165, 1.54) is 23.5 Å². The minimum atomic E-state index is -0.890. The minimum absolute atomic E-state index is 0.148. The molecule has 0 aliphatic heterocycles. The van der Waals surface area contributed by atoms with Gasteiger partial charge in [-0.2, -0.15) is 0 Å². The fourth-order valence-corrected chi connectivity index (χ4v) is 2.71. The Morgan fingerprint density at radius 2 is 2.09 bits per heavy atom. The van der Waals surface area contributed by atoms with Crippen molar-refractivity contribution in [2.75, 3.05) is 11.9 Å². The largest absolute Gasteiger partial charge is 0.388 e. The molecule has 2 rings (SSSR count). The van der Waals surface area contributed by atoms with E-state index in [4.69, 9.17) is 11.6 Å². The van der Waals surface area contributed by atoms with Crippen LogP contribution in [0.1, 0.15) is 17.4 Å². The summed E-state index contributed by atoms with van der Waals surface area (Å²) >= 11 is 7.01. The van der Waals surface area contributed by atoms with Crippen molar-refractivity contribution in [1.82, 2.24) is 5.32 Å². The van der Waals surface area contributed by atoms with Crippen molar-refractivity contribution < 1.29 is 19.1 Å². The molecule has 23 heavy (non-hydrogen) atoms. The van der Waals surface area contributed by atoms with Crippen LogP contribution >= 0.6 is 22.9 Å². The van der Waals surface area contributed by atoms with E-state index in [2.05, 4.69) is 10.6 Å². The van der Waals surface area contributed by atoms with Gasteiger partial charge in [-0.25, -0.2) is 4.39 Å². The number of benzene rings is 1. The van der Waals surface area contributed by atoms with Crippen LogP contribution in [-0.4, -0.2) is 23.5 Å². The number of hydrogen-bond donors (Lipinski definition) is 3. The standard InChI is InChI=1S/C15H14ClFN2O3S/c16-10-8-9(3-4-11(10)17)19-15(22)14(21)18-6-5-12(20)13-2-1-7-23-13/h1-4,7-8,12,20H,5-6H2,(H,18,21)(H,19,22)/t12-/m1/s1. The van der Waals surface area contributed by atoms with Crippen molar-refractivity contribution in [2.24, 2.45) is 0 Å². The van der Waals surface area contributed by atoms with Crippen LogP contribution in [0.15, 0.2) is 35.7 Å². The van der Waals surface area contributed by atoms with Gasteiger partial charge in [-0.15, -0.1) is 11.3 Å². The van der Waals surface area contributed by atoms with E-state index in [0.717, 1.165) is 10.9 Å². The van der Waals surface area contributed by atoms with Gasteiger partial charge in [0.05, 0.1) is 11.1 Å². The Labute approximate surface area is 141 Å². The topological polar surface area (TPSA) is 78.4 Å². The second-order valence-electron chi connectivity index (χ2n) is 4.66. The molecule has 0 bridgehead atoms. The van der Waals surface area contributed by atoms with Crippen LogP contribution < -0.4 is 10.6 Å². The molecule has 0 saturated carbocycles. The summed E-state index contributed by atoms with van der Waals surface area (Å²) in [7, 11) is 0. The lowest BCUT2D eigenvalue weighted by molar-refractivity contribution is -0.136. The van der Waals surface area contributed by atoms with Gasteiger partial charge in [0.2, 0.25) is 0 Å². The Morgan fingerprint density at radius 1 is 1.30 bits per heavy atom. The Kier molecular flexibility index (Phi) is 6.09. The molecule has 0 radical (unpaired) electrons. The highest BCUT2D eigenvalue weighted by Crippen LogP contribution is 2.21. The quantitative estimate of drug-likeness (QED) is 0.721. The average Bonchev–Trinajstić information content (AvgIpc) is 3.05. The maximum atomic E-state index is 13.0. The van der Waals surface area contributed by atoms with Crippen molar-refractivity contribution in [3.63, 3.8) is 0 Å². The number of aliphatic hydroxyl groups is 1. The Balaban J connectivity index is 1.78. The van der Waals surface area contributed by atoms with Crippen LogP contribution in [0.4, 0.5) is 10.1 Å². The highest BCUT2D eigenvalue weighted by atomic mass is 35.5. The first-order valence-corrected chi connectivity index (χ1v) is 7.99. The van der Waals surface area contributed by atoms with Gasteiger partial charge in [0.25, 0.3) is 0 Å².